The summed E-state index contributed by atoms with van der Waals surface area (Å²) >= 11 is 0. The summed E-state index contributed by atoms with van der Waals surface area (Å²) in [7, 11) is 0. The number of aromatic nitrogens is 3. The lowest BCUT2D eigenvalue weighted by Crippen LogP contribution is -2.52. The van der Waals surface area contributed by atoms with Crippen LogP contribution in [0.2, 0.25) is 0 Å². The summed E-state index contributed by atoms with van der Waals surface area (Å²) < 4.78 is 7.78. The Morgan fingerprint density at radius 1 is 1.06 bits per heavy atom. The molecule has 9 nitrogen and oxygen atoms in total. The van der Waals surface area contributed by atoms with E-state index < -0.39 is 11.9 Å². The molecule has 1 aromatic heterocycles. The molecule has 2 aliphatic heterocycles. The van der Waals surface area contributed by atoms with Crippen LogP contribution in [0.4, 0.5) is 0 Å². The number of piperidine rings is 1. The summed E-state index contributed by atoms with van der Waals surface area (Å²) in [6.07, 6.45) is 3.26. The highest BCUT2D eigenvalue weighted by Gasteiger charge is 2.40. The van der Waals surface area contributed by atoms with Crippen molar-refractivity contribution in [3.8, 4) is 5.75 Å². The lowest BCUT2D eigenvalue weighted by Gasteiger charge is -2.29. The summed E-state index contributed by atoms with van der Waals surface area (Å²) in [6.45, 7) is 1.20. The molecule has 3 heterocycles. The number of benzene rings is 2. The average Bonchev–Trinajstić information content (AvgIpc) is 3.42. The third-order valence-corrected chi connectivity index (χ3v) is 5.97. The molecular formula is C24H23N5O4. The van der Waals surface area contributed by atoms with Crippen LogP contribution in [0.25, 0.3) is 0 Å². The van der Waals surface area contributed by atoms with Gasteiger partial charge in [0.25, 0.3) is 5.91 Å². The number of imide groups is 1. The lowest BCUT2D eigenvalue weighted by atomic mass is 10.0. The number of nitrogens with zero attached hydrogens (tertiary/aromatic N) is 4. The molecule has 3 aromatic rings. The molecule has 1 N–H and O–H groups in total. The van der Waals surface area contributed by atoms with Crippen molar-refractivity contribution in [1.82, 2.24) is 25.2 Å². The molecule has 33 heavy (non-hydrogen) atoms. The van der Waals surface area contributed by atoms with Crippen molar-refractivity contribution < 1.29 is 19.1 Å². The zero-order valence-electron chi connectivity index (χ0n) is 17.9. The molecule has 9 heteroatoms. The molecular weight excluding hydrogens is 422 g/mol. The third kappa shape index (κ3) is 4.34. The molecule has 0 bridgehead atoms. The molecule has 1 atom stereocenters. The summed E-state index contributed by atoms with van der Waals surface area (Å²) in [5.74, 6) is -0.380. The zero-order chi connectivity index (χ0) is 22.8. The van der Waals surface area contributed by atoms with E-state index in [0.717, 1.165) is 12.0 Å². The van der Waals surface area contributed by atoms with Crippen molar-refractivity contribution in [3.05, 3.63) is 77.1 Å². The minimum atomic E-state index is -0.653. The van der Waals surface area contributed by atoms with E-state index in [2.05, 4.69) is 27.8 Å². The quantitative estimate of drug-likeness (QED) is 0.557. The Kier molecular flexibility index (Phi) is 5.60. The van der Waals surface area contributed by atoms with E-state index in [1.54, 1.807) is 22.9 Å². The average molecular weight is 445 g/mol. The second-order valence-corrected chi connectivity index (χ2v) is 8.18. The minimum absolute atomic E-state index is 0.217. The molecule has 0 spiro atoms. The van der Waals surface area contributed by atoms with E-state index in [0.29, 0.717) is 30.0 Å². The van der Waals surface area contributed by atoms with Crippen LogP contribution in [-0.2, 0) is 35.7 Å². The summed E-state index contributed by atoms with van der Waals surface area (Å²) in [5, 5.41) is 10.7. The van der Waals surface area contributed by atoms with E-state index in [1.807, 2.05) is 24.4 Å². The number of hydrogen-bond donors (Lipinski definition) is 1. The van der Waals surface area contributed by atoms with Gasteiger partial charge in [0.15, 0.2) is 0 Å². The largest absolute Gasteiger partial charge is 0.487 e. The Hall–Kier alpha value is -4.01. The lowest BCUT2D eigenvalue weighted by molar-refractivity contribution is -0.136. The van der Waals surface area contributed by atoms with Gasteiger partial charge in [-0.15, -0.1) is 5.10 Å². The van der Waals surface area contributed by atoms with E-state index in [-0.39, 0.29) is 31.4 Å². The highest BCUT2D eigenvalue weighted by molar-refractivity contribution is 6.05. The number of amides is 3. The van der Waals surface area contributed by atoms with E-state index in [1.165, 1.54) is 10.5 Å². The fourth-order valence-electron chi connectivity index (χ4n) is 4.25. The smallest absolute Gasteiger partial charge is 0.255 e. The number of fused-ring (bicyclic) bond motifs is 1. The van der Waals surface area contributed by atoms with Crippen LogP contribution in [0.3, 0.4) is 0 Å². The van der Waals surface area contributed by atoms with Gasteiger partial charge in [0, 0.05) is 24.1 Å². The first-order chi connectivity index (χ1) is 16.1. The molecule has 168 valence electrons. The second-order valence-electron chi connectivity index (χ2n) is 8.18. The molecule has 0 saturated carbocycles. The van der Waals surface area contributed by atoms with Crippen molar-refractivity contribution in [1.29, 1.82) is 0 Å². The van der Waals surface area contributed by atoms with Crippen molar-refractivity contribution >= 4 is 17.7 Å². The Morgan fingerprint density at radius 3 is 2.73 bits per heavy atom. The Balaban J connectivity index is 1.23. The fourth-order valence-corrected chi connectivity index (χ4v) is 4.25. The molecule has 0 aliphatic carbocycles. The number of aryl methyl sites for hydroxylation is 2. The number of rotatable bonds is 7. The number of ether oxygens (including phenoxy) is 1. The van der Waals surface area contributed by atoms with Gasteiger partial charge >= 0.3 is 0 Å². The van der Waals surface area contributed by atoms with Gasteiger partial charge in [0.2, 0.25) is 11.8 Å². The van der Waals surface area contributed by atoms with Crippen LogP contribution >= 0.6 is 0 Å². The second kappa shape index (κ2) is 8.85. The van der Waals surface area contributed by atoms with Gasteiger partial charge in [0.05, 0.1) is 12.7 Å². The Labute approximate surface area is 190 Å². The summed E-state index contributed by atoms with van der Waals surface area (Å²) in [5.41, 5.74) is 3.18. The molecule has 1 saturated heterocycles. The molecule has 3 amide bonds. The molecule has 2 aliphatic rings. The number of nitrogens with one attached hydrogen (secondary N) is 1. The monoisotopic (exact) mass is 445 g/mol. The van der Waals surface area contributed by atoms with Crippen LogP contribution in [-0.4, -0.2) is 43.7 Å². The first-order valence-electron chi connectivity index (χ1n) is 10.9. The number of carbonyl (C=O) groups is 3. The van der Waals surface area contributed by atoms with Gasteiger partial charge < -0.3 is 9.64 Å². The van der Waals surface area contributed by atoms with E-state index in [9.17, 15) is 14.4 Å². The van der Waals surface area contributed by atoms with Gasteiger partial charge in [-0.3, -0.25) is 24.4 Å². The molecule has 1 fully saturated rings. The summed E-state index contributed by atoms with van der Waals surface area (Å²) in [6, 6.07) is 14.8. The van der Waals surface area contributed by atoms with Crippen LogP contribution in [0.1, 0.15) is 40.0 Å². The van der Waals surface area contributed by atoms with Crippen molar-refractivity contribution in [3.63, 3.8) is 0 Å². The maximum absolute atomic E-state index is 12.9. The fraction of sp³-hybridized carbons (Fsp3) is 0.292. The third-order valence-electron chi connectivity index (χ3n) is 5.97. The minimum Gasteiger partial charge on any atom is -0.487 e. The SMILES string of the molecule is O=C1CCC(N2Cc3c(OCc4cn(CCc5ccccc5)nn4)cccc3C2=O)C(=O)N1. The molecule has 2 aromatic carbocycles. The molecule has 1 unspecified atom stereocenters. The number of carbonyl (C=O) groups excluding carboxylic acids is 3. The van der Waals surface area contributed by atoms with Crippen LogP contribution in [0.15, 0.2) is 54.7 Å². The van der Waals surface area contributed by atoms with Crippen LogP contribution in [0.5, 0.6) is 5.75 Å². The van der Waals surface area contributed by atoms with Crippen molar-refractivity contribution in [2.24, 2.45) is 0 Å². The predicted octanol–water partition coefficient (Wildman–Crippen LogP) is 1.86. The van der Waals surface area contributed by atoms with Gasteiger partial charge in [-0.05, 0) is 30.5 Å². The Morgan fingerprint density at radius 2 is 1.91 bits per heavy atom. The standard InChI is InChI=1S/C24H23N5O4/c30-22-10-9-20(23(31)25-22)29-14-19-18(24(29)32)7-4-8-21(19)33-15-17-13-28(27-26-17)12-11-16-5-2-1-3-6-16/h1-8,13,20H,9-12,14-15H2,(H,25,30,31). The molecule has 5 rings (SSSR count). The van der Waals surface area contributed by atoms with Gasteiger partial charge in [-0.25, -0.2) is 0 Å². The van der Waals surface area contributed by atoms with Gasteiger partial charge in [0.1, 0.15) is 24.1 Å². The summed E-state index contributed by atoms with van der Waals surface area (Å²) in [4.78, 5) is 38.1. The highest BCUT2D eigenvalue weighted by atomic mass is 16.5. The predicted molar refractivity (Wildman–Crippen MR) is 117 cm³/mol. The van der Waals surface area contributed by atoms with Gasteiger partial charge in [-0.1, -0.05) is 41.6 Å². The molecule has 0 radical (unpaired) electrons. The van der Waals surface area contributed by atoms with Crippen molar-refractivity contribution in [2.45, 2.75) is 45.0 Å². The van der Waals surface area contributed by atoms with Crippen LogP contribution < -0.4 is 10.1 Å². The van der Waals surface area contributed by atoms with E-state index in [4.69, 9.17) is 4.74 Å². The topological polar surface area (TPSA) is 106 Å². The highest BCUT2D eigenvalue weighted by Crippen LogP contribution is 2.33. The maximum atomic E-state index is 12.9. The van der Waals surface area contributed by atoms with Crippen LogP contribution in [0, 0.1) is 0 Å². The van der Waals surface area contributed by atoms with E-state index >= 15 is 0 Å². The van der Waals surface area contributed by atoms with Crippen molar-refractivity contribution in [2.75, 3.05) is 0 Å². The first-order valence-corrected chi connectivity index (χ1v) is 10.9. The maximum Gasteiger partial charge on any atom is 0.255 e. The Bertz CT molecular complexity index is 1210. The first kappa shape index (κ1) is 20.9. The zero-order valence-corrected chi connectivity index (χ0v) is 17.9. The normalized spacial score (nSPS) is 17.8. The number of hydrogen-bond acceptors (Lipinski definition) is 6. The van der Waals surface area contributed by atoms with Gasteiger partial charge in [-0.2, -0.15) is 0 Å².